The number of anilines is 1. The first kappa shape index (κ1) is 11.8. The van der Waals surface area contributed by atoms with Crippen molar-refractivity contribution in [1.29, 1.82) is 0 Å². The van der Waals surface area contributed by atoms with Crippen molar-refractivity contribution in [2.24, 2.45) is 0 Å². The summed E-state index contributed by atoms with van der Waals surface area (Å²) in [5, 5.41) is 11.9. The topological polar surface area (TPSA) is 92.3 Å². The highest BCUT2D eigenvalue weighted by atomic mass is 32.2. The summed E-state index contributed by atoms with van der Waals surface area (Å²) in [5.41, 5.74) is 0. The van der Waals surface area contributed by atoms with E-state index in [2.05, 4.69) is 15.5 Å². The molecule has 98 valence electrons. The number of carbonyl (C=O) groups is 1. The van der Waals surface area contributed by atoms with E-state index in [9.17, 15) is 13.2 Å². The Labute approximate surface area is 108 Å². The lowest BCUT2D eigenvalue weighted by molar-refractivity contribution is 0.251. The van der Waals surface area contributed by atoms with Crippen molar-refractivity contribution >= 4 is 32.3 Å². The Morgan fingerprint density at radius 3 is 2.89 bits per heavy atom. The number of amides is 2. The minimum Gasteiger partial charge on any atom is -0.332 e. The van der Waals surface area contributed by atoms with Crippen LogP contribution in [0.4, 0.5) is 9.93 Å². The fourth-order valence-corrected chi connectivity index (χ4v) is 5.04. The van der Waals surface area contributed by atoms with Gasteiger partial charge in [-0.2, -0.15) is 0 Å². The molecular formula is C9H12N4O3S2. The van der Waals surface area contributed by atoms with Gasteiger partial charge in [-0.15, -0.1) is 10.2 Å². The van der Waals surface area contributed by atoms with E-state index in [1.165, 1.54) is 16.2 Å². The summed E-state index contributed by atoms with van der Waals surface area (Å²) in [5.74, 6) is 0.0107. The van der Waals surface area contributed by atoms with Crippen LogP contribution in [0.3, 0.4) is 0 Å². The van der Waals surface area contributed by atoms with Crippen molar-refractivity contribution in [3.8, 4) is 0 Å². The molecule has 0 aliphatic carbocycles. The maximum atomic E-state index is 11.9. The second kappa shape index (κ2) is 3.89. The highest BCUT2D eigenvalue weighted by molar-refractivity contribution is 7.91. The maximum absolute atomic E-state index is 11.9. The molecule has 1 aromatic heterocycles. The summed E-state index contributed by atoms with van der Waals surface area (Å²) in [7, 11) is -3.07. The van der Waals surface area contributed by atoms with Gasteiger partial charge < -0.3 is 5.32 Å². The van der Waals surface area contributed by atoms with Gasteiger partial charge in [0, 0.05) is 0 Å². The first-order valence-electron chi connectivity index (χ1n) is 5.62. The molecule has 0 spiro atoms. The third-order valence-corrected chi connectivity index (χ3v) is 5.93. The SMILES string of the molecule is CCc1nnc(N2C(=O)N[C@H]3CS(=O)(=O)C[C@H]32)s1. The lowest BCUT2D eigenvalue weighted by atomic mass is 10.2. The van der Waals surface area contributed by atoms with Crippen molar-refractivity contribution in [3.63, 3.8) is 0 Å². The Hall–Kier alpha value is -1.22. The lowest BCUT2D eigenvalue weighted by Gasteiger charge is -2.16. The van der Waals surface area contributed by atoms with Gasteiger partial charge in [-0.25, -0.2) is 13.2 Å². The first-order chi connectivity index (χ1) is 8.50. The van der Waals surface area contributed by atoms with Crippen molar-refractivity contribution in [2.45, 2.75) is 25.4 Å². The van der Waals surface area contributed by atoms with Crippen LogP contribution in [0.15, 0.2) is 0 Å². The molecule has 0 unspecified atom stereocenters. The predicted octanol–water partition coefficient (Wildman–Crippen LogP) is -0.204. The Morgan fingerprint density at radius 1 is 1.44 bits per heavy atom. The fourth-order valence-electron chi connectivity index (χ4n) is 2.31. The summed E-state index contributed by atoms with van der Waals surface area (Å²) < 4.78 is 23.2. The number of aryl methyl sites for hydroxylation is 1. The molecule has 0 radical (unpaired) electrons. The van der Waals surface area contributed by atoms with Crippen LogP contribution in [0.1, 0.15) is 11.9 Å². The largest absolute Gasteiger partial charge is 0.332 e. The number of hydrogen-bond donors (Lipinski definition) is 1. The van der Waals surface area contributed by atoms with Crippen LogP contribution in [-0.4, -0.2) is 48.2 Å². The van der Waals surface area contributed by atoms with E-state index in [0.717, 1.165) is 11.4 Å². The number of aromatic nitrogens is 2. The normalized spacial score (nSPS) is 29.4. The highest BCUT2D eigenvalue weighted by Gasteiger charge is 2.50. The van der Waals surface area contributed by atoms with Gasteiger partial charge in [0.25, 0.3) is 0 Å². The minimum absolute atomic E-state index is 0.00253. The van der Waals surface area contributed by atoms with Crippen LogP contribution in [-0.2, 0) is 16.3 Å². The summed E-state index contributed by atoms with van der Waals surface area (Å²) in [4.78, 5) is 13.3. The molecule has 18 heavy (non-hydrogen) atoms. The smallest absolute Gasteiger partial charge is 0.324 e. The number of hydrogen-bond acceptors (Lipinski definition) is 6. The van der Waals surface area contributed by atoms with Gasteiger partial charge in [0.1, 0.15) is 5.01 Å². The number of urea groups is 1. The molecule has 0 bridgehead atoms. The number of fused-ring (bicyclic) bond motifs is 1. The average Bonchev–Trinajstić information content (AvgIpc) is 2.90. The molecule has 9 heteroatoms. The molecule has 2 atom stereocenters. The number of nitrogens with zero attached hydrogens (tertiary/aromatic N) is 3. The van der Waals surface area contributed by atoms with Gasteiger partial charge in [0.05, 0.1) is 23.6 Å². The van der Waals surface area contributed by atoms with Crippen molar-refractivity contribution in [3.05, 3.63) is 5.01 Å². The summed E-state index contributed by atoms with van der Waals surface area (Å²) >= 11 is 1.33. The van der Waals surface area contributed by atoms with Crippen molar-refractivity contribution < 1.29 is 13.2 Å². The molecule has 0 aromatic carbocycles. The standard InChI is InChI=1S/C9H12N4O3S2/c1-2-7-11-12-9(17-7)13-6-4-18(15,16)3-5(6)10-8(13)14/h5-6H,2-4H2,1H3,(H,10,14)/t5-,6+/m0/s1. The summed E-state index contributed by atoms with van der Waals surface area (Å²) in [6.07, 6.45) is 0.750. The van der Waals surface area contributed by atoms with Crippen LogP contribution < -0.4 is 10.2 Å². The third kappa shape index (κ3) is 1.77. The van der Waals surface area contributed by atoms with Gasteiger partial charge in [-0.05, 0) is 6.42 Å². The summed E-state index contributed by atoms with van der Waals surface area (Å²) in [6.45, 7) is 1.96. The Balaban J connectivity index is 1.94. The van der Waals surface area contributed by atoms with E-state index >= 15 is 0 Å². The zero-order valence-corrected chi connectivity index (χ0v) is 11.3. The molecule has 3 heterocycles. The second-order valence-electron chi connectivity index (χ2n) is 4.40. The molecule has 3 rings (SSSR count). The highest BCUT2D eigenvalue weighted by Crippen LogP contribution is 2.31. The molecule has 1 N–H and O–H groups in total. The van der Waals surface area contributed by atoms with E-state index in [1.54, 1.807) is 0 Å². The third-order valence-electron chi connectivity index (χ3n) is 3.15. The monoisotopic (exact) mass is 288 g/mol. The molecular weight excluding hydrogens is 276 g/mol. The minimum atomic E-state index is -3.07. The number of sulfone groups is 1. The van der Waals surface area contributed by atoms with Crippen LogP contribution in [0.5, 0.6) is 0 Å². The van der Waals surface area contributed by atoms with E-state index < -0.39 is 9.84 Å². The van der Waals surface area contributed by atoms with E-state index in [4.69, 9.17) is 0 Å². The molecule has 1 aromatic rings. The van der Waals surface area contributed by atoms with Crippen molar-refractivity contribution in [1.82, 2.24) is 15.5 Å². The van der Waals surface area contributed by atoms with Crippen LogP contribution in [0.2, 0.25) is 0 Å². The van der Waals surface area contributed by atoms with Gasteiger partial charge in [0.15, 0.2) is 9.84 Å². The Bertz CT molecular complexity index is 597. The number of nitrogens with one attached hydrogen (secondary N) is 1. The van der Waals surface area contributed by atoms with Crippen LogP contribution in [0, 0.1) is 0 Å². The van der Waals surface area contributed by atoms with Crippen LogP contribution >= 0.6 is 11.3 Å². The summed E-state index contributed by atoms with van der Waals surface area (Å²) in [6, 6.07) is -0.949. The number of carbonyl (C=O) groups excluding carboxylic acids is 1. The quantitative estimate of drug-likeness (QED) is 0.761. The molecule has 2 aliphatic heterocycles. The number of rotatable bonds is 2. The molecule has 2 aliphatic rings. The van der Waals surface area contributed by atoms with Gasteiger partial charge in [-0.1, -0.05) is 18.3 Å². The predicted molar refractivity (Wildman–Crippen MR) is 66.5 cm³/mol. The van der Waals surface area contributed by atoms with Gasteiger partial charge in [-0.3, -0.25) is 4.90 Å². The van der Waals surface area contributed by atoms with E-state index in [1.807, 2.05) is 6.92 Å². The van der Waals surface area contributed by atoms with E-state index in [-0.39, 0.29) is 29.6 Å². The first-order valence-corrected chi connectivity index (χ1v) is 8.26. The lowest BCUT2D eigenvalue weighted by Crippen LogP contribution is -2.36. The van der Waals surface area contributed by atoms with Crippen molar-refractivity contribution in [2.75, 3.05) is 16.4 Å². The van der Waals surface area contributed by atoms with Crippen LogP contribution in [0.25, 0.3) is 0 Å². The Kier molecular flexibility index (Phi) is 2.56. The van der Waals surface area contributed by atoms with E-state index in [0.29, 0.717) is 5.13 Å². The molecule has 2 fully saturated rings. The average molecular weight is 288 g/mol. The zero-order chi connectivity index (χ0) is 12.9. The van der Waals surface area contributed by atoms with Gasteiger partial charge >= 0.3 is 6.03 Å². The van der Waals surface area contributed by atoms with Gasteiger partial charge in [0.2, 0.25) is 5.13 Å². The molecule has 2 saturated heterocycles. The second-order valence-corrected chi connectivity index (χ2v) is 7.60. The zero-order valence-electron chi connectivity index (χ0n) is 9.66. The molecule has 7 nitrogen and oxygen atoms in total. The Morgan fingerprint density at radius 2 is 2.22 bits per heavy atom. The maximum Gasteiger partial charge on any atom is 0.324 e. The fraction of sp³-hybridized carbons (Fsp3) is 0.667. The molecule has 0 saturated carbocycles. The molecule has 2 amide bonds.